The van der Waals surface area contributed by atoms with Crippen LogP contribution in [0.25, 0.3) is 0 Å². The molecule has 0 spiro atoms. The van der Waals surface area contributed by atoms with Gasteiger partial charge in [0.05, 0.1) is 0 Å². The van der Waals surface area contributed by atoms with Gasteiger partial charge in [-0.1, -0.05) is 25.8 Å². The molecule has 0 radical (unpaired) electrons. The second-order valence-corrected chi connectivity index (χ2v) is 5.51. The Balaban J connectivity index is 1.91. The molecule has 20 heavy (non-hydrogen) atoms. The molecule has 0 saturated heterocycles. The Bertz CT molecular complexity index is 502. The second kappa shape index (κ2) is 6.41. The zero-order valence-corrected chi connectivity index (χ0v) is 11.7. The molecule has 2 unspecified atom stereocenters. The summed E-state index contributed by atoms with van der Waals surface area (Å²) in [6.45, 7) is 2.21. The molecule has 1 aromatic carbocycles. The molecule has 0 heterocycles. The van der Waals surface area contributed by atoms with E-state index >= 15 is 0 Å². The average Bonchev–Trinajstić information content (AvgIpc) is 2.38. The molecule has 1 aliphatic rings. The maximum atomic E-state index is 11.9. The molecule has 2 atom stereocenters. The highest BCUT2D eigenvalue weighted by Gasteiger charge is 2.20. The fourth-order valence-electron chi connectivity index (χ4n) is 2.67. The van der Waals surface area contributed by atoms with E-state index in [1.54, 1.807) is 24.3 Å². The number of urea groups is 1. The van der Waals surface area contributed by atoms with Gasteiger partial charge >= 0.3 is 6.03 Å². The van der Waals surface area contributed by atoms with Gasteiger partial charge in [-0.2, -0.15) is 0 Å². The molecule has 1 fully saturated rings. The Kier molecular flexibility index (Phi) is 4.61. The quantitative estimate of drug-likeness (QED) is 0.791. The number of amides is 3. The fourth-order valence-corrected chi connectivity index (χ4v) is 2.67. The van der Waals surface area contributed by atoms with Gasteiger partial charge in [0, 0.05) is 17.3 Å². The molecule has 5 nitrogen and oxygen atoms in total. The van der Waals surface area contributed by atoms with E-state index in [4.69, 9.17) is 5.73 Å². The van der Waals surface area contributed by atoms with Crippen molar-refractivity contribution in [2.45, 2.75) is 38.6 Å². The Morgan fingerprint density at radius 1 is 1.30 bits per heavy atom. The summed E-state index contributed by atoms with van der Waals surface area (Å²) in [4.78, 5) is 23.0. The van der Waals surface area contributed by atoms with E-state index in [0.29, 0.717) is 17.2 Å². The van der Waals surface area contributed by atoms with E-state index in [1.807, 2.05) is 0 Å². The summed E-state index contributed by atoms with van der Waals surface area (Å²) in [5.41, 5.74) is 6.17. The highest BCUT2D eigenvalue weighted by Crippen LogP contribution is 2.23. The normalized spacial score (nSPS) is 22.1. The second-order valence-electron chi connectivity index (χ2n) is 5.51. The third-order valence-corrected chi connectivity index (χ3v) is 3.68. The van der Waals surface area contributed by atoms with Gasteiger partial charge in [-0.25, -0.2) is 4.79 Å². The molecular formula is C15H21N3O2. The Labute approximate surface area is 118 Å². The molecule has 3 amide bonds. The van der Waals surface area contributed by atoms with Crippen LogP contribution in [0, 0.1) is 5.92 Å². The highest BCUT2D eigenvalue weighted by molar-refractivity contribution is 5.95. The van der Waals surface area contributed by atoms with Crippen molar-refractivity contribution in [1.29, 1.82) is 0 Å². The van der Waals surface area contributed by atoms with Crippen LogP contribution in [-0.4, -0.2) is 18.0 Å². The van der Waals surface area contributed by atoms with Crippen LogP contribution in [0.1, 0.15) is 43.0 Å². The van der Waals surface area contributed by atoms with Crippen LogP contribution < -0.4 is 16.4 Å². The highest BCUT2D eigenvalue weighted by atomic mass is 16.2. The van der Waals surface area contributed by atoms with Crippen molar-refractivity contribution in [3.63, 3.8) is 0 Å². The van der Waals surface area contributed by atoms with Crippen LogP contribution in [0.2, 0.25) is 0 Å². The molecular weight excluding hydrogens is 254 g/mol. The minimum atomic E-state index is -0.504. The number of benzene rings is 1. The third kappa shape index (κ3) is 3.98. The van der Waals surface area contributed by atoms with Gasteiger partial charge in [0.1, 0.15) is 0 Å². The molecule has 1 aromatic rings. The fraction of sp³-hybridized carbons (Fsp3) is 0.467. The molecule has 108 valence electrons. The topological polar surface area (TPSA) is 84.2 Å². The lowest BCUT2D eigenvalue weighted by Crippen LogP contribution is -2.40. The summed E-state index contributed by atoms with van der Waals surface area (Å²) in [5, 5.41) is 5.72. The lowest BCUT2D eigenvalue weighted by Gasteiger charge is -2.27. The Morgan fingerprint density at radius 2 is 2.10 bits per heavy atom. The summed E-state index contributed by atoms with van der Waals surface area (Å²) in [5.74, 6) is 0.155. The molecule has 4 N–H and O–H groups in total. The van der Waals surface area contributed by atoms with Crippen LogP contribution in [0.4, 0.5) is 10.5 Å². The Morgan fingerprint density at radius 3 is 2.80 bits per heavy atom. The van der Waals surface area contributed by atoms with E-state index in [2.05, 4.69) is 17.6 Å². The number of hydrogen-bond donors (Lipinski definition) is 3. The summed E-state index contributed by atoms with van der Waals surface area (Å²) >= 11 is 0. The summed E-state index contributed by atoms with van der Waals surface area (Å²) in [6.07, 6.45) is 4.44. The van der Waals surface area contributed by atoms with E-state index in [1.165, 1.54) is 6.42 Å². The maximum absolute atomic E-state index is 11.9. The summed E-state index contributed by atoms with van der Waals surface area (Å²) < 4.78 is 0. The number of nitrogens with one attached hydrogen (secondary N) is 2. The molecule has 0 aromatic heterocycles. The standard InChI is InChI=1S/C15H21N3O2/c1-10-4-2-6-12(8-10)17-15(20)18-13-7-3-5-11(9-13)14(16)19/h3,5,7,9-10,12H,2,4,6,8H2,1H3,(H2,16,19)(H2,17,18,20). The van der Waals surface area contributed by atoms with Crippen molar-refractivity contribution in [3.8, 4) is 0 Å². The largest absolute Gasteiger partial charge is 0.366 e. The molecule has 0 bridgehead atoms. The van der Waals surface area contributed by atoms with E-state index in [9.17, 15) is 9.59 Å². The predicted molar refractivity (Wildman–Crippen MR) is 78.5 cm³/mol. The Hall–Kier alpha value is -2.04. The van der Waals surface area contributed by atoms with Crippen LogP contribution in [-0.2, 0) is 0 Å². The molecule has 2 rings (SSSR count). The van der Waals surface area contributed by atoms with Crippen molar-refractivity contribution in [2.24, 2.45) is 11.7 Å². The number of primary amides is 1. The van der Waals surface area contributed by atoms with Crippen molar-refractivity contribution in [1.82, 2.24) is 5.32 Å². The summed E-state index contributed by atoms with van der Waals surface area (Å²) in [7, 11) is 0. The molecule has 1 aliphatic carbocycles. The van der Waals surface area contributed by atoms with Crippen molar-refractivity contribution in [3.05, 3.63) is 29.8 Å². The maximum Gasteiger partial charge on any atom is 0.319 e. The predicted octanol–water partition coefficient (Wildman–Crippen LogP) is 2.49. The number of anilines is 1. The molecule has 0 aliphatic heterocycles. The number of nitrogens with two attached hydrogens (primary N) is 1. The van der Waals surface area contributed by atoms with Gasteiger partial charge in [0.2, 0.25) is 5.91 Å². The first-order valence-electron chi connectivity index (χ1n) is 7.02. The van der Waals surface area contributed by atoms with Gasteiger partial charge in [-0.05, 0) is 37.0 Å². The average molecular weight is 275 g/mol. The smallest absolute Gasteiger partial charge is 0.319 e. The van der Waals surface area contributed by atoms with Gasteiger partial charge in [0.25, 0.3) is 0 Å². The summed E-state index contributed by atoms with van der Waals surface area (Å²) in [6, 6.07) is 6.62. The minimum Gasteiger partial charge on any atom is -0.366 e. The monoisotopic (exact) mass is 275 g/mol. The zero-order valence-electron chi connectivity index (χ0n) is 11.7. The van der Waals surface area contributed by atoms with Gasteiger partial charge in [-0.15, -0.1) is 0 Å². The minimum absolute atomic E-state index is 0.231. The lowest BCUT2D eigenvalue weighted by atomic mass is 9.87. The van der Waals surface area contributed by atoms with Gasteiger partial charge < -0.3 is 16.4 Å². The van der Waals surface area contributed by atoms with Crippen LogP contribution in [0.15, 0.2) is 24.3 Å². The van der Waals surface area contributed by atoms with Crippen LogP contribution >= 0.6 is 0 Å². The number of rotatable bonds is 3. The van der Waals surface area contributed by atoms with E-state index in [0.717, 1.165) is 19.3 Å². The lowest BCUT2D eigenvalue weighted by molar-refractivity contribution is 0.1000. The van der Waals surface area contributed by atoms with Crippen molar-refractivity contribution < 1.29 is 9.59 Å². The van der Waals surface area contributed by atoms with Crippen molar-refractivity contribution in [2.75, 3.05) is 5.32 Å². The SMILES string of the molecule is CC1CCCC(NC(=O)Nc2cccc(C(N)=O)c2)C1. The van der Waals surface area contributed by atoms with Gasteiger partial charge in [-0.3, -0.25) is 4.79 Å². The van der Waals surface area contributed by atoms with Crippen molar-refractivity contribution >= 4 is 17.6 Å². The molecule has 1 saturated carbocycles. The molecule has 5 heteroatoms. The zero-order chi connectivity index (χ0) is 14.5. The van der Waals surface area contributed by atoms with Gasteiger partial charge in [0.15, 0.2) is 0 Å². The van der Waals surface area contributed by atoms with E-state index < -0.39 is 5.91 Å². The number of carbonyl (C=O) groups excluding carboxylic acids is 2. The van der Waals surface area contributed by atoms with Crippen LogP contribution in [0.3, 0.4) is 0 Å². The first-order chi connectivity index (χ1) is 9.54. The first-order valence-corrected chi connectivity index (χ1v) is 7.02. The van der Waals surface area contributed by atoms with Crippen LogP contribution in [0.5, 0.6) is 0 Å². The number of carbonyl (C=O) groups is 2. The number of hydrogen-bond acceptors (Lipinski definition) is 2. The third-order valence-electron chi connectivity index (χ3n) is 3.68. The first kappa shape index (κ1) is 14.4. The van der Waals surface area contributed by atoms with E-state index in [-0.39, 0.29) is 12.1 Å².